The van der Waals surface area contributed by atoms with Gasteiger partial charge in [-0.1, -0.05) is 30.3 Å². The summed E-state index contributed by atoms with van der Waals surface area (Å²) in [5, 5.41) is 0. The Bertz CT molecular complexity index is 402. The van der Waals surface area contributed by atoms with Crippen LogP contribution in [0.1, 0.15) is 30.6 Å². The van der Waals surface area contributed by atoms with Gasteiger partial charge in [-0.15, -0.1) is 0 Å². The molecule has 3 heteroatoms. The molecule has 0 atom stereocenters. The summed E-state index contributed by atoms with van der Waals surface area (Å²) in [5.74, 6) is 1.43. The quantitative estimate of drug-likeness (QED) is 0.779. The minimum Gasteiger partial charge on any atom is -0.301 e. The molecule has 0 amide bonds. The van der Waals surface area contributed by atoms with Crippen LogP contribution in [0.4, 0.5) is 0 Å². The second-order valence-electron chi connectivity index (χ2n) is 5.42. The van der Waals surface area contributed by atoms with Crippen LogP contribution in [0.2, 0.25) is 0 Å². The lowest BCUT2D eigenvalue weighted by molar-refractivity contribution is 0.0962. The molecule has 0 saturated carbocycles. The zero-order chi connectivity index (χ0) is 13.0. The van der Waals surface area contributed by atoms with Crippen molar-refractivity contribution < 1.29 is 4.79 Å². The first-order valence-electron chi connectivity index (χ1n) is 6.51. The zero-order valence-corrected chi connectivity index (χ0v) is 12.0. The molecule has 0 aromatic heterocycles. The molecule has 0 bridgehead atoms. The van der Waals surface area contributed by atoms with Gasteiger partial charge < -0.3 is 4.90 Å². The highest BCUT2D eigenvalue weighted by molar-refractivity contribution is 8.00. The number of carbonyl (C=O) groups is 1. The summed E-state index contributed by atoms with van der Waals surface area (Å²) in [4.78, 5) is 14.4. The maximum absolute atomic E-state index is 12.0. The number of thioether (sulfide) groups is 1. The molecular weight excluding hydrogens is 242 g/mol. The van der Waals surface area contributed by atoms with Gasteiger partial charge in [-0.25, -0.2) is 0 Å². The van der Waals surface area contributed by atoms with Crippen LogP contribution in [0.3, 0.4) is 0 Å². The SMILES string of the molecule is CC1(C)CN(CCC(=O)c2ccccc2)CCS1. The standard InChI is InChI=1S/C15H21NOS/c1-15(2)12-16(10-11-18-15)9-8-14(17)13-6-4-3-5-7-13/h3-7H,8-12H2,1-2H3. The third-order valence-electron chi connectivity index (χ3n) is 3.26. The highest BCUT2D eigenvalue weighted by Gasteiger charge is 2.26. The number of benzene rings is 1. The van der Waals surface area contributed by atoms with E-state index in [2.05, 4.69) is 18.7 Å². The van der Waals surface area contributed by atoms with Crippen LogP contribution >= 0.6 is 11.8 Å². The predicted molar refractivity (Wildman–Crippen MR) is 78.4 cm³/mol. The number of rotatable bonds is 4. The summed E-state index contributed by atoms with van der Waals surface area (Å²) in [5.41, 5.74) is 0.836. The minimum absolute atomic E-state index is 0.256. The van der Waals surface area contributed by atoms with Crippen LogP contribution in [0, 0.1) is 0 Å². The van der Waals surface area contributed by atoms with Crippen molar-refractivity contribution in [1.29, 1.82) is 0 Å². The van der Waals surface area contributed by atoms with Gasteiger partial charge in [-0.2, -0.15) is 11.8 Å². The predicted octanol–water partition coefficient (Wildman–Crippen LogP) is 3.09. The van der Waals surface area contributed by atoms with Crippen molar-refractivity contribution in [3.8, 4) is 0 Å². The third kappa shape index (κ3) is 3.85. The number of ketones is 1. The maximum Gasteiger partial charge on any atom is 0.164 e. The summed E-state index contributed by atoms with van der Waals surface area (Å²) >= 11 is 2.03. The zero-order valence-electron chi connectivity index (χ0n) is 11.2. The first-order chi connectivity index (χ1) is 8.57. The molecule has 1 aliphatic heterocycles. The minimum atomic E-state index is 0.256. The van der Waals surface area contributed by atoms with E-state index < -0.39 is 0 Å². The van der Waals surface area contributed by atoms with E-state index in [-0.39, 0.29) is 5.78 Å². The fourth-order valence-corrected chi connectivity index (χ4v) is 3.51. The Balaban J connectivity index is 1.83. The number of carbonyl (C=O) groups excluding carboxylic acids is 1. The number of hydrogen-bond donors (Lipinski definition) is 0. The van der Waals surface area contributed by atoms with Crippen molar-refractivity contribution in [3.63, 3.8) is 0 Å². The molecule has 1 saturated heterocycles. The van der Waals surface area contributed by atoms with Gasteiger partial charge in [0.2, 0.25) is 0 Å². The Kier molecular flexibility index (Phi) is 4.46. The summed E-state index contributed by atoms with van der Waals surface area (Å²) in [6.07, 6.45) is 0.630. The molecule has 1 aromatic carbocycles. The van der Waals surface area contributed by atoms with Crippen LogP contribution in [0.25, 0.3) is 0 Å². The number of hydrogen-bond acceptors (Lipinski definition) is 3. The van der Waals surface area contributed by atoms with E-state index in [0.717, 1.165) is 25.2 Å². The van der Waals surface area contributed by atoms with Crippen LogP contribution in [0.15, 0.2) is 30.3 Å². The van der Waals surface area contributed by atoms with E-state index in [1.54, 1.807) is 0 Å². The molecule has 2 rings (SSSR count). The second-order valence-corrected chi connectivity index (χ2v) is 7.23. The lowest BCUT2D eigenvalue weighted by Crippen LogP contribution is -2.43. The Hall–Kier alpha value is -0.800. The smallest absolute Gasteiger partial charge is 0.164 e. The average Bonchev–Trinajstić information content (AvgIpc) is 2.36. The van der Waals surface area contributed by atoms with E-state index in [4.69, 9.17) is 0 Å². The summed E-state index contributed by atoms with van der Waals surface area (Å²) in [6.45, 7) is 7.64. The maximum atomic E-state index is 12.0. The lowest BCUT2D eigenvalue weighted by atomic mass is 10.1. The highest BCUT2D eigenvalue weighted by atomic mass is 32.2. The van der Waals surface area contributed by atoms with Gasteiger partial charge in [0.15, 0.2) is 5.78 Å². The van der Waals surface area contributed by atoms with E-state index in [1.165, 1.54) is 5.75 Å². The van der Waals surface area contributed by atoms with E-state index in [0.29, 0.717) is 11.2 Å². The average molecular weight is 263 g/mol. The largest absolute Gasteiger partial charge is 0.301 e. The molecule has 0 unspecified atom stereocenters. The van der Waals surface area contributed by atoms with Gasteiger partial charge in [-0.3, -0.25) is 4.79 Å². The molecule has 1 aromatic rings. The molecule has 0 radical (unpaired) electrons. The number of Topliss-reactive ketones (excluding diaryl/α,β-unsaturated/α-hetero) is 1. The van der Waals surface area contributed by atoms with Gasteiger partial charge >= 0.3 is 0 Å². The molecule has 1 fully saturated rings. The molecule has 0 N–H and O–H groups in total. The Morgan fingerprint density at radius 1 is 1.33 bits per heavy atom. The topological polar surface area (TPSA) is 20.3 Å². The summed E-state index contributed by atoms with van der Waals surface area (Å²) in [6, 6.07) is 9.60. The second kappa shape index (κ2) is 5.89. The van der Waals surface area contributed by atoms with Gasteiger partial charge in [0, 0.05) is 42.1 Å². The highest BCUT2D eigenvalue weighted by Crippen LogP contribution is 2.29. The van der Waals surface area contributed by atoms with Crippen LogP contribution < -0.4 is 0 Å². The molecular formula is C15H21NOS. The Morgan fingerprint density at radius 2 is 2.06 bits per heavy atom. The normalized spacial score (nSPS) is 19.7. The van der Waals surface area contributed by atoms with Crippen LogP contribution in [0.5, 0.6) is 0 Å². The fourth-order valence-electron chi connectivity index (χ4n) is 2.33. The Morgan fingerprint density at radius 3 is 2.72 bits per heavy atom. The fraction of sp³-hybridized carbons (Fsp3) is 0.533. The van der Waals surface area contributed by atoms with Crippen molar-refractivity contribution in [1.82, 2.24) is 4.90 Å². The van der Waals surface area contributed by atoms with E-state index in [1.807, 2.05) is 42.1 Å². The third-order valence-corrected chi connectivity index (χ3v) is 4.55. The van der Waals surface area contributed by atoms with Gasteiger partial charge in [0.05, 0.1) is 0 Å². The van der Waals surface area contributed by atoms with E-state index in [9.17, 15) is 4.79 Å². The molecule has 2 nitrogen and oxygen atoms in total. The number of nitrogens with zero attached hydrogens (tertiary/aromatic N) is 1. The van der Waals surface area contributed by atoms with Crippen molar-refractivity contribution in [2.75, 3.05) is 25.4 Å². The Labute approximate surface area is 114 Å². The van der Waals surface area contributed by atoms with E-state index >= 15 is 0 Å². The van der Waals surface area contributed by atoms with Crippen molar-refractivity contribution in [3.05, 3.63) is 35.9 Å². The summed E-state index contributed by atoms with van der Waals surface area (Å²) < 4.78 is 0.327. The van der Waals surface area contributed by atoms with Gasteiger partial charge in [0.1, 0.15) is 0 Å². The first-order valence-corrected chi connectivity index (χ1v) is 7.50. The molecule has 1 aliphatic rings. The molecule has 1 heterocycles. The molecule has 0 aliphatic carbocycles. The molecule has 98 valence electrons. The lowest BCUT2D eigenvalue weighted by Gasteiger charge is -2.37. The van der Waals surface area contributed by atoms with Crippen molar-refractivity contribution in [2.45, 2.75) is 25.0 Å². The van der Waals surface area contributed by atoms with Crippen LogP contribution in [-0.2, 0) is 0 Å². The van der Waals surface area contributed by atoms with Crippen molar-refractivity contribution >= 4 is 17.5 Å². The first kappa shape index (κ1) is 13.6. The summed E-state index contributed by atoms with van der Waals surface area (Å²) in [7, 11) is 0. The van der Waals surface area contributed by atoms with Gasteiger partial charge in [-0.05, 0) is 13.8 Å². The van der Waals surface area contributed by atoms with Crippen molar-refractivity contribution in [2.24, 2.45) is 0 Å². The van der Waals surface area contributed by atoms with Gasteiger partial charge in [0.25, 0.3) is 0 Å². The molecule has 0 spiro atoms. The monoisotopic (exact) mass is 263 g/mol. The molecule has 18 heavy (non-hydrogen) atoms. The van der Waals surface area contributed by atoms with Crippen LogP contribution in [-0.4, -0.2) is 40.8 Å².